The van der Waals surface area contributed by atoms with Crippen LogP contribution in [0.2, 0.25) is 0 Å². The Morgan fingerprint density at radius 2 is 1.37 bits per heavy atom. The van der Waals surface area contributed by atoms with Gasteiger partial charge >= 0.3 is 17.9 Å². The number of carbonyl (C=O) groups is 3. The van der Waals surface area contributed by atoms with Gasteiger partial charge < -0.3 is 14.6 Å². The maximum absolute atomic E-state index is 11.2. The number of esters is 2. The number of carboxylic acids is 1. The highest BCUT2D eigenvalue weighted by Crippen LogP contribution is 2.09. The lowest BCUT2D eigenvalue weighted by Gasteiger charge is -2.04. The Hall–Kier alpha value is -1.59. The lowest BCUT2D eigenvalue weighted by molar-refractivity contribution is -0.165. The lowest BCUT2D eigenvalue weighted by atomic mass is 10.1. The van der Waals surface area contributed by atoms with Crippen LogP contribution >= 0.6 is 0 Å². The van der Waals surface area contributed by atoms with Crippen LogP contribution < -0.4 is 0 Å². The summed E-state index contributed by atoms with van der Waals surface area (Å²) in [6.45, 7) is 0.932. The third kappa shape index (κ3) is 14.3. The molecule has 0 aromatic heterocycles. The molecule has 0 spiro atoms. The van der Waals surface area contributed by atoms with Crippen molar-refractivity contribution in [3.05, 3.63) is 0 Å². The van der Waals surface area contributed by atoms with E-state index in [-0.39, 0.29) is 19.2 Å². The van der Waals surface area contributed by atoms with Crippen molar-refractivity contribution in [2.24, 2.45) is 0 Å². The molecule has 6 nitrogen and oxygen atoms in total. The number of rotatable bonds is 11. The molecule has 110 valence electrons. The zero-order chi connectivity index (χ0) is 14.5. The minimum atomic E-state index is -0.754. The summed E-state index contributed by atoms with van der Waals surface area (Å²) in [5.41, 5.74) is 0. The molecular weight excluding hydrogens is 252 g/mol. The second-order valence-corrected chi connectivity index (χ2v) is 4.29. The van der Waals surface area contributed by atoms with Crippen molar-refractivity contribution >= 4 is 17.9 Å². The molecule has 6 heteroatoms. The van der Waals surface area contributed by atoms with E-state index in [9.17, 15) is 14.4 Å². The smallest absolute Gasteiger partial charge is 0.308 e. The van der Waals surface area contributed by atoms with Crippen molar-refractivity contribution in [2.45, 2.75) is 58.3 Å². The molecule has 0 aromatic rings. The van der Waals surface area contributed by atoms with Gasteiger partial charge in [-0.2, -0.15) is 0 Å². The highest BCUT2D eigenvalue weighted by atomic mass is 16.7. The van der Waals surface area contributed by atoms with Crippen molar-refractivity contribution in [3.8, 4) is 0 Å². The second-order valence-electron chi connectivity index (χ2n) is 4.29. The topological polar surface area (TPSA) is 89.9 Å². The summed E-state index contributed by atoms with van der Waals surface area (Å²) in [5, 5.41) is 8.44. The molecule has 19 heavy (non-hydrogen) atoms. The number of aliphatic carboxylic acids is 1. The van der Waals surface area contributed by atoms with Gasteiger partial charge in [-0.05, 0) is 12.8 Å². The normalized spacial score (nSPS) is 9.95. The first kappa shape index (κ1) is 17.4. The third-order valence-electron chi connectivity index (χ3n) is 2.50. The first-order chi connectivity index (χ1) is 9.02. The van der Waals surface area contributed by atoms with E-state index in [0.29, 0.717) is 12.8 Å². The summed E-state index contributed by atoms with van der Waals surface area (Å²) in [6.07, 6.45) is 5.77. The number of ether oxygens (including phenoxy) is 2. The van der Waals surface area contributed by atoms with E-state index in [0.717, 1.165) is 32.1 Å². The molecule has 0 heterocycles. The summed E-state index contributed by atoms with van der Waals surface area (Å²) in [4.78, 5) is 31.8. The van der Waals surface area contributed by atoms with Gasteiger partial charge in [0.05, 0.1) is 0 Å². The molecule has 0 rings (SSSR count). The van der Waals surface area contributed by atoms with Gasteiger partial charge in [0.1, 0.15) is 0 Å². The summed E-state index contributed by atoms with van der Waals surface area (Å²) in [6, 6.07) is 0. The van der Waals surface area contributed by atoms with Gasteiger partial charge in [0.15, 0.2) is 0 Å². The van der Waals surface area contributed by atoms with Crippen molar-refractivity contribution < 1.29 is 29.0 Å². The van der Waals surface area contributed by atoms with E-state index in [1.54, 1.807) is 0 Å². The van der Waals surface area contributed by atoms with Crippen LogP contribution in [0.5, 0.6) is 0 Å². The number of carbonyl (C=O) groups excluding carboxylic acids is 2. The monoisotopic (exact) mass is 274 g/mol. The number of carboxylic acid groups (broad SMARTS) is 1. The minimum Gasteiger partial charge on any atom is -0.481 e. The van der Waals surface area contributed by atoms with Crippen LogP contribution in [0.4, 0.5) is 0 Å². The fourth-order valence-electron chi connectivity index (χ4n) is 1.50. The Balaban J connectivity index is 3.23. The Labute approximate surface area is 113 Å². The Morgan fingerprint density at radius 1 is 0.842 bits per heavy atom. The average molecular weight is 274 g/mol. The van der Waals surface area contributed by atoms with Crippen LogP contribution in [0.25, 0.3) is 0 Å². The fraction of sp³-hybridized carbons (Fsp3) is 0.769. The molecular formula is C13H22O6. The van der Waals surface area contributed by atoms with E-state index in [1.807, 2.05) is 0 Å². The molecule has 0 bridgehead atoms. The third-order valence-corrected chi connectivity index (χ3v) is 2.50. The van der Waals surface area contributed by atoms with Crippen LogP contribution in [0.15, 0.2) is 0 Å². The van der Waals surface area contributed by atoms with Crippen LogP contribution in [-0.2, 0) is 23.9 Å². The minimum absolute atomic E-state index is 0.225. The maximum Gasteiger partial charge on any atom is 0.308 e. The molecule has 0 fully saturated rings. The average Bonchev–Trinajstić information content (AvgIpc) is 2.31. The van der Waals surface area contributed by atoms with Crippen LogP contribution in [0, 0.1) is 0 Å². The van der Waals surface area contributed by atoms with E-state index >= 15 is 0 Å². The second kappa shape index (κ2) is 11.5. The van der Waals surface area contributed by atoms with Crippen LogP contribution in [0.3, 0.4) is 0 Å². The predicted octanol–water partition coefficient (Wildman–Crippen LogP) is 2.26. The largest absolute Gasteiger partial charge is 0.481 e. The SMILES string of the molecule is CC(=O)OCOC(=O)CCCCCCCCC(=O)O. The highest BCUT2D eigenvalue weighted by Gasteiger charge is 2.03. The quantitative estimate of drug-likeness (QED) is 0.353. The summed E-state index contributed by atoms with van der Waals surface area (Å²) in [7, 11) is 0. The van der Waals surface area contributed by atoms with Crippen molar-refractivity contribution in [2.75, 3.05) is 6.79 Å². The van der Waals surface area contributed by atoms with Crippen molar-refractivity contribution in [1.29, 1.82) is 0 Å². The number of unbranched alkanes of at least 4 members (excludes halogenated alkanes) is 5. The molecule has 0 atom stereocenters. The Morgan fingerprint density at radius 3 is 1.89 bits per heavy atom. The first-order valence-electron chi connectivity index (χ1n) is 6.53. The van der Waals surface area contributed by atoms with Gasteiger partial charge in [0.2, 0.25) is 6.79 Å². The molecule has 0 aliphatic rings. The Bertz CT molecular complexity index is 287. The fourth-order valence-corrected chi connectivity index (χ4v) is 1.50. The summed E-state index contributed by atoms with van der Waals surface area (Å²) >= 11 is 0. The molecule has 0 aromatic carbocycles. The summed E-state index contributed by atoms with van der Waals surface area (Å²) < 4.78 is 9.15. The number of hydrogen-bond acceptors (Lipinski definition) is 5. The maximum atomic E-state index is 11.2. The van der Waals surface area contributed by atoms with Gasteiger partial charge in [0, 0.05) is 19.8 Å². The first-order valence-corrected chi connectivity index (χ1v) is 6.53. The van der Waals surface area contributed by atoms with Gasteiger partial charge in [-0.1, -0.05) is 25.7 Å². The molecule has 0 aliphatic heterocycles. The molecule has 0 saturated carbocycles. The van der Waals surface area contributed by atoms with Gasteiger partial charge in [-0.3, -0.25) is 14.4 Å². The molecule has 0 unspecified atom stereocenters. The van der Waals surface area contributed by atoms with Crippen LogP contribution in [-0.4, -0.2) is 29.8 Å². The van der Waals surface area contributed by atoms with Crippen molar-refractivity contribution in [1.82, 2.24) is 0 Å². The van der Waals surface area contributed by atoms with E-state index < -0.39 is 11.9 Å². The zero-order valence-corrected chi connectivity index (χ0v) is 11.4. The molecule has 0 aliphatic carbocycles. The molecule has 0 saturated heterocycles. The summed E-state index contributed by atoms with van der Waals surface area (Å²) in [5.74, 6) is -1.60. The number of hydrogen-bond donors (Lipinski definition) is 1. The van der Waals surface area contributed by atoms with Gasteiger partial charge in [-0.15, -0.1) is 0 Å². The van der Waals surface area contributed by atoms with Gasteiger partial charge in [-0.25, -0.2) is 0 Å². The van der Waals surface area contributed by atoms with E-state index in [2.05, 4.69) is 9.47 Å². The molecule has 0 radical (unpaired) electrons. The molecule has 0 amide bonds. The van der Waals surface area contributed by atoms with Gasteiger partial charge in [0.25, 0.3) is 0 Å². The standard InChI is InChI=1S/C13H22O6/c1-11(14)18-10-19-13(17)9-7-5-3-2-4-6-8-12(15)16/h2-10H2,1H3,(H,15,16). The van der Waals surface area contributed by atoms with Crippen molar-refractivity contribution in [3.63, 3.8) is 0 Å². The molecule has 1 N–H and O–H groups in total. The van der Waals surface area contributed by atoms with E-state index in [4.69, 9.17) is 5.11 Å². The highest BCUT2D eigenvalue weighted by molar-refractivity contribution is 5.69. The lowest BCUT2D eigenvalue weighted by Crippen LogP contribution is -2.10. The van der Waals surface area contributed by atoms with Crippen LogP contribution in [0.1, 0.15) is 58.3 Å². The van der Waals surface area contributed by atoms with E-state index in [1.165, 1.54) is 6.92 Å². The predicted molar refractivity (Wildman–Crippen MR) is 67.3 cm³/mol. The zero-order valence-electron chi connectivity index (χ0n) is 11.4. The Kier molecular flexibility index (Phi) is 10.5.